The van der Waals surface area contributed by atoms with Crippen molar-refractivity contribution in [2.75, 3.05) is 13.7 Å². The van der Waals surface area contributed by atoms with Gasteiger partial charge in [0.15, 0.2) is 6.04 Å². The Morgan fingerprint density at radius 3 is 2.38 bits per heavy atom. The Morgan fingerprint density at radius 1 is 1.08 bits per heavy atom. The van der Waals surface area contributed by atoms with Gasteiger partial charge in [-0.15, -0.1) is 0 Å². The summed E-state index contributed by atoms with van der Waals surface area (Å²) < 4.78 is 10.2. The summed E-state index contributed by atoms with van der Waals surface area (Å²) in [6, 6.07) is 15.0. The van der Waals surface area contributed by atoms with Crippen molar-refractivity contribution in [3.63, 3.8) is 0 Å². The van der Waals surface area contributed by atoms with Crippen molar-refractivity contribution in [2.24, 2.45) is 0 Å². The lowest BCUT2D eigenvalue weighted by Gasteiger charge is -2.17. The van der Waals surface area contributed by atoms with Crippen LogP contribution in [-0.2, 0) is 14.3 Å². The zero-order chi connectivity index (χ0) is 17.4. The molecule has 0 fully saturated rings. The molecule has 0 aliphatic heterocycles. The van der Waals surface area contributed by atoms with Crippen LogP contribution >= 0.6 is 11.6 Å². The lowest BCUT2D eigenvalue weighted by atomic mass is 10.1. The van der Waals surface area contributed by atoms with E-state index in [9.17, 15) is 9.59 Å². The molecule has 0 saturated heterocycles. The van der Waals surface area contributed by atoms with Crippen molar-refractivity contribution in [1.82, 2.24) is 5.32 Å². The molecule has 0 radical (unpaired) electrons. The summed E-state index contributed by atoms with van der Waals surface area (Å²) in [6.45, 7) is 0.191. The molecule has 6 heteroatoms. The molecule has 24 heavy (non-hydrogen) atoms. The molecule has 0 aromatic heterocycles. The predicted octanol–water partition coefficient (Wildman–Crippen LogP) is 3.14. The van der Waals surface area contributed by atoms with Crippen LogP contribution in [0.5, 0.6) is 5.75 Å². The first-order valence-electron chi connectivity index (χ1n) is 7.40. The minimum atomic E-state index is -0.834. The summed E-state index contributed by atoms with van der Waals surface area (Å²) >= 11 is 5.79. The Morgan fingerprint density at radius 2 is 1.75 bits per heavy atom. The van der Waals surface area contributed by atoms with Crippen molar-refractivity contribution in [3.05, 3.63) is 65.2 Å². The quantitative estimate of drug-likeness (QED) is 0.781. The van der Waals surface area contributed by atoms with Crippen molar-refractivity contribution in [2.45, 2.75) is 12.5 Å². The van der Waals surface area contributed by atoms with Crippen molar-refractivity contribution in [3.8, 4) is 5.75 Å². The number of amides is 1. The number of rotatable bonds is 7. The Hall–Kier alpha value is -2.53. The fraction of sp³-hybridized carbons (Fsp3) is 0.222. The van der Waals surface area contributed by atoms with Crippen LogP contribution in [0.3, 0.4) is 0 Å². The topological polar surface area (TPSA) is 64.6 Å². The van der Waals surface area contributed by atoms with E-state index in [0.29, 0.717) is 16.3 Å². The highest BCUT2D eigenvalue weighted by Crippen LogP contribution is 2.16. The van der Waals surface area contributed by atoms with E-state index in [1.807, 2.05) is 6.07 Å². The molecule has 0 heterocycles. The molecule has 2 aromatic rings. The molecule has 126 valence electrons. The first-order valence-corrected chi connectivity index (χ1v) is 7.78. The zero-order valence-corrected chi connectivity index (χ0v) is 14.0. The normalized spacial score (nSPS) is 11.4. The van der Waals surface area contributed by atoms with E-state index in [4.69, 9.17) is 21.1 Å². The second-order valence-corrected chi connectivity index (χ2v) is 5.42. The first-order chi connectivity index (χ1) is 11.6. The second-order valence-electron chi connectivity index (χ2n) is 4.99. The standard InChI is InChI=1S/C18H18ClNO4/c1-23-18(22)17(13-5-3-2-4-6-13)20-16(21)11-12-24-15-9-7-14(19)8-10-15/h2-10,17H,11-12H2,1H3,(H,20,21). The van der Waals surface area contributed by atoms with Crippen LogP contribution in [0.25, 0.3) is 0 Å². The molecule has 1 amide bonds. The highest BCUT2D eigenvalue weighted by molar-refractivity contribution is 6.30. The molecule has 2 rings (SSSR count). The Kier molecular flexibility index (Phi) is 6.63. The molecule has 5 nitrogen and oxygen atoms in total. The third-order valence-corrected chi connectivity index (χ3v) is 3.54. The summed E-state index contributed by atoms with van der Waals surface area (Å²) in [5.41, 5.74) is 0.663. The number of hydrogen-bond donors (Lipinski definition) is 1. The fourth-order valence-corrected chi connectivity index (χ4v) is 2.19. The van der Waals surface area contributed by atoms with E-state index in [2.05, 4.69) is 5.32 Å². The van der Waals surface area contributed by atoms with E-state index in [1.54, 1.807) is 48.5 Å². The lowest BCUT2D eigenvalue weighted by Crippen LogP contribution is -2.35. The van der Waals surface area contributed by atoms with E-state index >= 15 is 0 Å². The van der Waals surface area contributed by atoms with Gasteiger partial charge in [0, 0.05) is 5.02 Å². The molecular formula is C18H18ClNO4. The van der Waals surface area contributed by atoms with Crippen molar-refractivity contribution < 1.29 is 19.1 Å². The van der Waals surface area contributed by atoms with E-state index < -0.39 is 12.0 Å². The molecule has 1 N–H and O–H groups in total. The maximum Gasteiger partial charge on any atom is 0.333 e. The average Bonchev–Trinajstić information content (AvgIpc) is 2.61. The number of carbonyl (C=O) groups excluding carboxylic acids is 2. The van der Waals surface area contributed by atoms with Gasteiger partial charge >= 0.3 is 5.97 Å². The van der Waals surface area contributed by atoms with E-state index in [1.165, 1.54) is 7.11 Å². The monoisotopic (exact) mass is 347 g/mol. The van der Waals surface area contributed by atoms with Crippen LogP contribution in [0.4, 0.5) is 0 Å². The number of ether oxygens (including phenoxy) is 2. The molecule has 0 aliphatic rings. The van der Waals surface area contributed by atoms with Crippen LogP contribution < -0.4 is 10.1 Å². The van der Waals surface area contributed by atoms with Gasteiger partial charge in [-0.05, 0) is 29.8 Å². The van der Waals surface area contributed by atoms with Gasteiger partial charge in [0.25, 0.3) is 0 Å². The van der Waals surface area contributed by atoms with Gasteiger partial charge in [0.05, 0.1) is 20.1 Å². The molecular weight excluding hydrogens is 330 g/mol. The average molecular weight is 348 g/mol. The number of methoxy groups -OCH3 is 1. The van der Waals surface area contributed by atoms with Gasteiger partial charge in [0.1, 0.15) is 5.75 Å². The van der Waals surface area contributed by atoms with Crippen LogP contribution in [0.15, 0.2) is 54.6 Å². The highest BCUT2D eigenvalue weighted by atomic mass is 35.5. The lowest BCUT2D eigenvalue weighted by molar-refractivity contribution is -0.145. The van der Waals surface area contributed by atoms with E-state index in [0.717, 1.165) is 0 Å². The summed E-state index contributed by atoms with van der Waals surface area (Å²) in [5, 5.41) is 3.28. The highest BCUT2D eigenvalue weighted by Gasteiger charge is 2.23. The molecule has 0 aliphatic carbocycles. The smallest absolute Gasteiger partial charge is 0.333 e. The molecule has 0 spiro atoms. The Balaban J connectivity index is 1.88. The van der Waals surface area contributed by atoms with Crippen LogP contribution in [0.2, 0.25) is 5.02 Å². The maximum atomic E-state index is 12.1. The molecule has 0 saturated carbocycles. The van der Waals surface area contributed by atoms with Gasteiger partial charge in [0.2, 0.25) is 5.91 Å². The van der Waals surface area contributed by atoms with Gasteiger partial charge in [-0.1, -0.05) is 41.9 Å². The van der Waals surface area contributed by atoms with Crippen molar-refractivity contribution in [1.29, 1.82) is 0 Å². The minimum absolute atomic E-state index is 0.114. The largest absolute Gasteiger partial charge is 0.493 e. The SMILES string of the molecule is COC(=O)C(NC(=O)CCOc1ccc(Cl)cc1)c1ccccc1. The molecule has 1 unspecified atom stereocenters. The third kappa shape index (κ3) is 5.28. The summed E-state index contributed by atoms with van der Waals surface area (Å²) in [6.07, 6.45) is 0.114. The van der Waals surface area contributed by atoms with Crippen LogP contribution in [0.1, 0.15) is 18.0 Å². The number of nitrogens with one attached hydrogen (secondary N) is 1. The summed E-state index contributed by atoms with van der Waals surface area (Å²) in [4.78, 5) is 24.0. The number of benzene rings is 2. The molecule has 1 atom stereocenters. The Bertz CT molecular complexity index is 673. The predicted molar refractivity (Wildman–Crippen MR) is 90.9 cm³/mol. The van der Waals surface area contributed by atoms with Gasteiger partial charge in [-0.2, -0.15) is 0 Å². The summed E-state index contributed by atoms with van der Waals surface area (Å²) in [7, 11) is 1.29. The third-order valence-electron chi connectivity index (χ3n) is 3.29. The number of hydrogen-bond acceptors (Lipinski definition) is 4. The number of esters is 1. The number of carbonyl (C=O) groups is 2. The number of halogens is 1. The van der Waals surface area contributed by atoms with E-state index in [-0.39, 0.29) is 18.9 Å². The molecule has 2 aromatic carbocycles. The summed E-state index contributed by atoms with van der Waals surface area (Å²) in [5.74, 6) is -0.198. The zero-order valence-electron chi connectivity index (χ0n) is 13.2. The molecule has 0 bridgehead atoms. The minimum Gasteiger partial charge on any atom is -0.493 e. The maximum absolute atomic E-state index is 12.1. The van der Waals surface area contributed by atoms with Crippen molar-refractivity contribution >= 4 is 23.5 Å². The van der Waals surface area contributed by atoms with Crippen LogP contribution in [-0.4, -0.2) is 25.6 Å². The second kappa shape index (κ2) is 8.93. The van der Waals surface area contributed by atoms with Crippen LogP contribution in [0, 0.1) is 0 Å². The van der Waals surface area contributed by atoms with Gasteiger partial charge in [-0.3, -0.25) is 4.79 Å². The van der Waals surface area contributed by atoms with Gasteiger partial charge in [-0.25, -0.2) is 4.79 Å². The fourth-order valence-electron chi connectivity index (χ4n) is 2.07. The Labute approximate surface area is 145 Å². The van der Waals surface area contributed by atoms with Gasteiger partial charge < -0.3 is 14.8 Å². The first kappa shape index (κ1) is 17.8.